The molecule has 0 unspecified atom stereocenters. The highest BCUT2D eigenvalue weighted by atomic mass is 16.5. The Labute approximate surface area is 110 Å². The van der Waals surface area contributed by atoms with Gasteiger partial charge in [0.15, 0.2) is 0 Å². The van der Waals surface area contributed by atoms with Crippen LogP contribution in [0.15, 0.2) is 45.9 Å². The molecular formula is C14H14N2O3. The van der Waals surface area contributed by atoms with Crippen LogP contribution in [0.3, 0.4) is 0 Å². The third-order valence-electron chi connectivity index (χ3n) is 2.51. The number of carbonyl (C=O) groups excluding carboxylic acids is 1. The van der Waals surface area contributed by atoms with E-state index >= 15 is 0 Å². The molecule has 1 aromatic carbocycles. The Morgan fingerprint density at radius 2 is 2.05 bits per heavy atom. The maximum Gasteiger partial charge on any atom is 0.338 e. The molecule has 0 saturated heterocycles. The number of benzene rings is 1. The smallest absolute Gasteiger partial charge is 0.338 e. The van der Waals surface area contributed by atoms with Crippen molar-refractivity contribution in [3.8, 4) is 11.3 Å². The molecule has 2 N–H and O–H groups in total. The van der Waals surface area contributed by atoms with E-state index in [1.165, 1.54) is 6.21 Å². The van der Waals surface area contributed by atoms with Crippen molar-refractivity contribution in [3.05, 3.63) is 47.7 Å². The first kappa shape index (κ1) is 12.9. The number of hydrogen-bond acceptors (Lipinski definition) is 5. The number of furan rings is 1. The summed E-state index contributed by atoms with van der Waals surface area (Å²) < 4.78 is 10.4. The number of hydrazone groups is 1. The van der Waals surface area contributed by atoms with Crippen LogP contribution in [0.5, 0.6) is 0 Å². The van der Waals surface area contributed by atoms with Gasteiger partial charge in [0.2, 0.25) is 0 Å². The Kier molecular flexibility index (Phi) is 3.97. The Morgan fingerprint density at radius 1 is 1.32 bits per heavy atom. The fourth-order valence-electron chi connectivity index (χ4n) is 1.64. The molecule has 0 aliphatic carbocycles. The van der Waals surface area contributed by atoms with E-state index < -0.39 is 0 Å². The van der Waals surface area contributed by atoms with Crippen molar-refractivity contribution in [1.82, 2.24) is 0 Å². The van der Waals surface area contributed by atoms with E-state index in [4.69, 9.17) is 15.0 Å². The minimum atomic E-state index is -0.329. The summed E-state index contributed by atoms with van der Waals surface area (Å²) in [4.78, 5) is 11.5. The van der Waals surface area contributed by atoms with Crippen molar-refractivity contribution < 1.29 is 13.9 Å². The number of hydrogen-bond donors (Lipinski definition) is 1. The largest absolute Gasteiger partial charge is 0.462 e. The maximum atomic E-state index is 11.5. The lowest BCUT2D eigenvalue weighted by molar-refractivity contribution is 0.0526. The fourth-order valence-corrected chi connectivity index (χ4v) is 1.64. The Morgan fingerprint density at radius 3 is 2.68 bits per heavy atom. The lowest BCUT2D eigenvalue weighted by atomic mass is 10.1. The van der Waals surface area contributed by atoms with Gasteiger partial charge in [0.1, 0.15) is 11.5 Å². The molecular weight excluding hydrogens is 244 g/mol. The Bertz CT molecular complexity index is 585. The first-order valence-electron chi connectivity index (χ1n) is 5.85. The van der Waals surface area contributed by atoms with Gasteiger partial charge in [-0.3, -0.25) is 0 Å². The van der Waals surface area contributed by atoms with Gasteiger partial charge in [-0.15, -0.1) is 0 Å². The summed E-state index contributed by atoms with van der Waals surface area (Å²) in [5, 5.41) is 3.39. The average Bonchev–Trinajstić information content (AvgIpc) is 2.88. The summed E-state index contributed by atoms with van der Waals surface area (Å²) in [6.07, 6.45) is 1.43. The topological polar surface area (TPSA) is 77.8 Å². The molecule has 0 aliphatic heterocycles. The van der Waals surface area contributed by atoms with Crippen LogP contribution < -0.4 is 5.84 Å². The van der Waals surface area contributed by atoms with Crippen molar-refractivity contribution in [2.75, 3.05) is 6.61 Å². The molecule has 0 radical (unpaired) electrons. The minimum Gasteiger partial charge on any atom is -0.462 e. The van der Waals surface area contributed by atoms with Crippen LogP contribution in [-0.4, -0.2) is 18.8 Å². The second-order valence-corrected chi connectivity index (χ2v) is 3.78. The molecule has 0 saturated carbocycles. The summed E-state index contributed by atoms with van der Waals surface area (Å²) in [6, 6.07) is 10.6. The van der Waals surface area contributed by atoms with Gasteiger partial charge < -0.3 is 15.0 Å². The van der Waals surface area contributed by atoms with Crippen LogP contribution in [0, 0.1) is 0 Å². The molecule has 0 aliphatic rings. The van der Waals surface area contributed by atoms with Gasteiger partial charge in [-0.25, -0.2) is 4.79 Å². The molecule has 2 aromatic rings. The molecule has 0 fully saturated rings. The fraction of sp³-hybridized carbons (Fsp3) is 0.143. The highest BCUT2D eigenvalue weighted by Gasteiger charge is 2.08. The maximum absolute atomic E-state index is 11.5. The molecule has 5 heteroatoms. The molecule has 0 amide bonds. The zero-order valence-electron chi connectivity index (χ0n) is 10.5. The number of ether oxygens (including phenoxy) is 1. The summed E-state index contributed by atoms with van der Waals surface area (Å²) in [6.45, 7) is 2.14. The second-order valence-electron chi connectivity index (χ2n) is 3.78. The molecule has 0 atom stereocenters. The van der Waals surface area contributed by atoms with E-state index in [1.807, 2.05) is 6.07 Å². The van der Waals surface area contributed by atoms with Crippen LogP contribution in [0.25, 0.3) is 11.3 Å². The molecule has 1 aromatic heterocycles. The van der Waals surface area contributed by atoms with Crippen LogP contribution in [-0.2, 0) is 4.74 Å². The van der Waals surface area contributed by atoms with Gasteiger partial charge in [-0.1, -0.05) is 12.1 Å². The highest BCUT2D eigenvalue weighted by molar-refractivity contribution is 5.90. The first-order valence-corrected chi connectivity index (χ1v) is 5.85. The van der Waals surface area contributed by atoms with Crippen molar-refractivity contribution in [2.45, 2.75) is 6.92 Å². The Balaban J connectivity index is 2.19. The second kappa shape index (κ2) is 5.86. The summed E-state index contributed by atoms with van der Waals surface area (Å²) >= 11 is 0. The predicted octanol–water partition coefficient (Wildman–Crippen LogP) is 2.42. The van der Waals surface area contributed by atoms with Crippen LogP contribution in [0.1, 0.15) is 23.0 Å². The van der Waals surface area contributed by atoms with Gasteiger partial charge in [0.25, 0.3) is 0 Å². The van der Waals surface area contributed by atoms with E-state index in [2.05, 4.69) is 5.10 Å². The molecule has 0 bridgehead atoms. The molecule has 1 heterocycles. The summed E-state index contributed by atoms with van der Waals surface area (Å²) in [5.74, 6) is 5.98. The van der Waals surface area contributed by atoms with Gasteiger partial charge in [0.05, 0.1) is 18.4 Å². The first-order chi connectivity index (χ1) is 9.24. The van der Waals surface area contributed by atoms with Gasteiger partial charge in [-0.2, -0.15) is 5.10 Å². The van der Waals surface area contributed by atoms with Crippen molar-refractivity contribution in [3.63, 3.8) is 0 Å². The molecule has 2 rings (SSSR count). The zero-order valence-corrected chi connectivity index (χ0v) is 10.5. The predicted molar refractivity (Wildman–Crippen MR) is 71.9 cm³/mol. The SMILES string of the molecule is CCOC(=O)c1ccc(-c2ccc(/C=N/N)o2)cc1. The lowest BCUT2D eigenvalue weighted by Gasteiger charge is -2.02. The zero-order chi connectivity index (χ0) is 13.7. The number of nitrogens with zero attached hydrogens (tertiary/aromatic N) is 1. The standard InChI is InChI=1S/C14H14N2O3/c1-2-18-14(17)11-5-3-10(4-6-11)13-8-7-12(19-13)9-16-15/h3-9H,2,15H2,1H3/b16-9+. The van der Waals surface area contributed by atoms with Gasteiger partial charge in [0, 0.05) is 5.56 Å². The molecule has 5 nitrogen and oxygen atoms in total. The minimum absolute atomic E-state index is 0.329. The normalized spacial score (nSPS) is 10.8. The third kappa shape index (κ3) is 3.01. The number of rotatable bonds is 4. The molecule has 19 heavy (non-hydrogen) atoms. The molecule has 0 spiro atoms. The highest BCUT2D eigenvalue weighted by Crippen LogP contribution is 2.22. The van der Waals surface area contributed by atoms with E-state index in [-0.39, 0.29) is 5.97 Å². The van der Waals surface area contributed by atoms with Crippen LogP contribution in [0.2, 0.25) is 0 Å². The van der Waals surface area contributed by atoms with Crippen molar-refractivity contribution in [1.29, 1.82) is 0 Å². The van der Waals surface area contributed by atoms with Crippen LogP contribution >= 0.6 is 0 Å². The monoisotopic (exact) mass is 258 g/mol. The van der Waals surface area contributed by atoms with E-state index in [9.17, 15) is 4.79 Å². The van der Waals surface area contributed by atoms with E-state index in [0.29, 0.717) is 23.7 Å². The van der Waals surface area contributed by atoms with E-state index in [1.54, 1.807) is 37.3 Å². The number of nitrogens with two attached hydrogens (primary N) is 1. The van der Waals surface area contributed by atoms with Crippen LogP contribution in [0.4, 0.5) is 0 Å². The lowest BCUT2D eigenvalue weighted by Crippen LogP contribution is -2.03. The Hall–Kier alpha value is -2.56. The summed E-state index contributed by atoms with van der Waals surface area (Å²) in [5.41, 5.74) is 1.38. The quantitative estimate of drug-likeness (QED) is 0.395. The van der Waals surface area contributed by atoms with Crippen molar-refractivity contribution in [2.24, 2.45) is 10.9 Å². The number of carbonyl (C=O) groups is 1. The van der Waals surface area contributed by atoms with Crippen molar-refractivity contribution >= 4 is 12.2 Å². The average molecular weight is 258 g/mol. The number of esters is 1. The third-order valence-corrected chi connectivity index (χ3v) is 2.51. The summed E-state index contributed by atoms with van der Waals surface area (Å²) in [7, 11) is 0. The van der Waals surface area contributed by atoms with Gasteiger partial charge in [-0.05, 0) is 31.2 Å². The van der Waals surface area contributed by atoms with E-state index in [0.717, 1.165) is 5.56 Å². The van der Waals surface area contributed by atoms with Gasteiger partial charge >= 0.3 is 5.97 Å². The molecule has 98 valence electrons.